The first-order chi connectivity index (χ1) is 11.4. The second kappa shape index (κ2) is 8.01. The van der Waals surface area contributed by atoms with E-state index in [1.54, 1.807) is 26.2 Å². The molecule has 1 N–H and O–H groups in total. The summed E-state index contributed by atoms with van der Waals surface area (Å²) in [4.78, 5) is 28.5. The normalized spacial score (nSPS) is 10.5. The molecule has 128 valence electrons. The van der Waals surface area contributed by atoms with Crippen LogP contribution in [0.4, 0.5) is 4.39 Å². The van der Waals surface area contributed by atoms with Crippen LogP contribution in [-0.2, 0) is 22.4 Å². The van der Waals surface area contributed by atoms with Crippen molar-refractivity contribution < 1.29 is 14.0 Å². The zero-order valence-electron chi connectivity index (χ0n) is 13.9. The molecule has 0 radical (unpaired) electrons. The van der Waals surface area contributed by atoms with Crippen molar-refractivity contribution in [3.8, 4) is 11.3 Å². The summed E-state index contributed by atoms with van der Waals surface area (Å²) < 4.78 is 14.2. The second-order valence-electron chi connectivity index (χ2n) is 5.63. The molecule has 2 rings (SSSR count). The lowest BCUT2D eigenvalue weighted by Crippen LogP contribution is -2.23. The third kappa shape index (κ3) is 4.86. The molecule has 2 amide bonds. The van der Waals surface area contributed by atoms with E-state index in [-0.39, 0.29) is 24.1 Å². The van der Waals surface area contributed by atoms with Gasteiger partial charge in [-0.05, 0) is 18.1 Å². The number of halogens is 1. The van der Waals surface area contributed by atoms with E-state index in [1.807, 2.05) is 5.38 Å². The SMILES string of the molecule is CC(=O)NCCc1ccc(-c2csc(CC(=O)N(C)C)n2)cc1F. The quantitative estimate of drug-likeness (QED) is 0.870. The molecule has 0 saturated carbocycles. The molecular formula is C17H20FN3O2S. The second-order valence-corrected chi connectivity index (χ2v) is 6.57. The van der Waals surface area contributed by atoms with Gasteiger partial charge >= 0.3 is 0 Å². The zero-order chi connectivity index (χ0) is 17.7. The van der Waals surface area contributed by atoms with Gasteiger partial charge in [0.2, 0.25) is 11.8 Å². The summed E-state index contributed by atoms with van der Waals surface area (Å²) in [5, 5.41) is 5.18. The number of hydrogen-bond donors (Lipinski definition) is 1. The van der Waals surface area contributed by atoms with Crippen molar-refractivity contribution in [3.63, 3.8) is 0 Å². The molecule has 0 bridgehead atoms. The molecule has 1 heterocycles. The molecule has 24 heavy (non-hydrogen) atoms. The predicted molar refractivity (Wildman–Crippen MR) is 92.3 cm³/mol. The summed E-state index contributed by atoms with van der Waals surface area (Å²) in [6.45, 7) is 1.83. The largest absolute Gasteiger partial charge is 0.356 e. The van der Waals surface area contributed by atoms with E-state index in [0.717, 1.165) is 0 Å². The van der Waals surface area contributed by atoms with E-state index >= 15 is 0 Å². The van der Waals surface area contributed by atoms with Crippen LogP contribution in [0.3, 0.4) is 0 Å². The number of hydrogen-bond acceptors (Lipinski definition) is 4. The van der Waals surface area contributed by atoms with E-state index < -0.39 is 0 Å². The van der Waals surface area contributed by atoms with Crippen molar-refractivity contribution in [2.24, 2.45) is 0 Å². The van der Waals surface area contributed by atoms with Crippen LogP contribution in [0.1, 0.15) is 17.5 Å². The van der Waals surface area contributed by atoms with Crippen LogP contribution < -0.4 is 5.32 Å². The fourth-order valence-electron chi connectivity index (χ4n) is 2.09. The smallest absolute Gasteiger partial charge is 0.228 e. The van der Waals surface area contributed by atoms with E-state index in [9.17, 15) is 14.0 Å². The minimum Gasteiger partial charge on any atom is -0.356 e. The monoisotopic (exact) mass is 349 g/mol. The minimum atomic E-state index is -0.322. The van der Waals surface area contributed by atoms with E-state index in [1.165, 1.54) is 29.2 Å². The van der Waals surface area contributed by atoms with Gasteiger partial charge in [0.05, 0.1) is 12.1 Å². The molecule has 7 heteroatoms. The molecule has 0 unspecified atom stereocenters. The Hall–Kier alpha value is -2.28. The summed E-state index contributed by atoms with van der Waals surface area (Å²) >= 11 is 1.39. The van der Waals surface area contributed by atoms with Gasteiger partial charge in [-0.3, -0.25) is 9.59 Å². The van der Waals surface area contributed by atoms with Gasteiger partial charge in [0, 0.05) is 38.5 Å². The molecular weight excluding hydrogens is 329 g/mol. The summed E-state index contributed by atoms with van der Waals surface area (Å²) in [7, 11) is 3.40. The molecule has 0 aliphatic carbocycles. The van der Waals surface area contributed by atoms with Gasteiger partial charge in [0.1, 0.15) is 10.8 Å². The molecule has 0 aliphatic heterocycles. The molecule has 5 nitrogen and oxygen atoms in total. The van der Waals surface area contributed by atoms with E-state index in [0.29, 0.717) is 34.8 Å². The number of likely N-dealkylation sites (N-methyl/N-ethyl adjacent to an activating group) is 1. The number of thiazole rings is 1. The minimum absolute atomic E-state index is 0.0181. The Morgan fingerprint density at radius 1 is 1.33 bits per heavy atom. The van der Waals surface area contributed by atoms with Gasteiger partial charge in [0.15, 0.2) is 0 Å². The third-order valence-corrected chi connectivity index (χ3v) is 4.32. The van der Waals surface area contributed by atoms with Crippen LogP contribution >= 0.6 is 11.3 Å². The average Bonchev–Trinajstić information content (AvgIpc) is 2.97. The van der Waals surface area contributed by atoms with Crippen LogP contribution in [0.2, 0.25) is 0 Å². The van der Waals surface area contributed by atoms with Crippen molar-refractivity contribution in [2.75, 3.05) is 20.6 Å². The van der Waals surface area contributed by atoms with Gasteiger partial charge in [0.25, 0.3) is 0 Å². The van der Waals surface area contributed by atoms with Crippen molar-refractivity contribution in [3.05, 3.63) is 40.0 Å². The van der Waals surface area contributed by atoms with E-state index in [4.69, 9.17) is 0 Å². The van der Waals surface area contributed by atoms with Gasteiger partial charge in [-0.2, -0.15) is 0 Å². The summed E-state index contributed by atoms with van der Waals surface area (Å²) in [5.74, 6) is -0.471. The molecule has 0 fully saturated rings. The summed E-state index contributed by atoms with van der Waals surface area (Å²) in [6.07, 6.45) is 0.681. The maximum Gasteiger partial charge on any atom is 0.228 e. The molecule has 1 aromatic carbocycles. The van der Waals surface area contributed by atoms with Crippen molar-refractivity contribution >= 4 is 23.2 Å². The number of aromatic nitrogens is 1. The molecule has 0 atom stereocenters. The number of rotatable bonds is 6. The molecule has 2 aromatic rings. The van der Waals surface area contributed by atoms with E-state index in [2.05, 4.69) is 10.3 Å². The average molecular weight is 349 g/mol. The summed E-state index contributed by atoms with van der Waals surface area (Å²) in [6, 6.07) is 4.95. The van der Waals surface area contributed by atoms with Crippen molar-refractivity contribution in [1.29, 1.82) is 0 Å². The fourth-order valence-corrected chi connectivity index (χ4v) is 2.89. The predicted octanol–water partition coefficient (Wildman–Crippen LogP) is 2.26. The fraction of sp³-hybridized carbons (Fsp3) is 0.353. The highest BCUT2D eigenvalue weighted by Gasteiger charge is 2.12. The van der Waals surface area contributed by atoms with Crippen LogP contribution in [0, 0.1) is 5.82 Å². The third-order valence-electron chi connectivity index (χ3n) is 3.47. The summed E-state index contributed by atoms with van der Waals surface area (Å²) in [5.41, 5.74) is 1.88. The lowest BCUT2D eigenvalue weighted by Gasteiger charge is -2.08. The Morgan fingerprint density at radius 3 is 2.71 bits per heavy atom. The Labute approximate surface area is 144 Å². The first-order valence-corrected chi connectivity index (χ1v) is 8.42. The highest BCUT2D eigenvalue weighted by molar-refractivity contribution is 7.10. The van der Waals surface area contributed by atoms with Crippen LogP contribution in [-0.4, -0.2) is 42.3 Å². The Kier molecular flexibility index (Phi) is 6.03. The van der Waals surface area contributed by atoms with Crippen LogP contribution in [0.25, 0.3) is 11.3 Å². The lowest BCUT2D eigenvalue weighted by molar-refractivity contribution is -0.128. The topological polar surface area (TPSA) is 62.3 Å². The van der Waals surface area contributed by atoms with Crippen molar-refractivity contribution in [2.45, 2.75) is 19.8 Å². The standard InChI is InChI=1S/C17H20FN3O2S/c1-11(22)19-7-6-12-4-5-13(8-14(12)18)15-10-24-16(20-15)9-17(23)21(2)3/h4-5,8,10H,6-7,9H2,1-3H3,(H,19,22). The highest BCUT2D eigenvalue weighted by Crippen LogP contribution is 2.24. The maximum absolute atomic E-state index is 14.2. The number of nitrogens with one attached hydrogen (secondary N) is 1. The Balaban J connectivity index is 2.07. The first kappa shape index (κ1) is 18.1. The van der Waals surface area contributed by atoms with Gasteiger partial charge in [-0.1, -0.05) is 12.1 Å². The maximum atomic E-state index is 14.2. The Bertz CT molecular complexity index is 743. The first-order valence-electron chi connectivity index (χ1n) is 7.54. The van der Waals surface area contributed by atoms with Gasteiger partial charge in [-0.15, -0.1) is 11.3 Å². The number of benzene rings is 1. The number of nitrogens with zero attached hydrogens (tertiary/aromatic N) is 2. The zero-order valence-corrected chi connectivity index (χ0v) is 14.7. The Morgan fingerprint density at radius 2 is 2.08 bits per heavy atom. The molecule has 0 saturated heterocycles. The molecule has 1 aromatic heterocycles. The lowest BCUT2D eigenvalue weighted by atomic mass is 10.1. The van der Waals surface area contributed by atoms with Gasteiger partial charge < -0.3 is 10.2 Å². The van der Waals surface area contributed by atoms with Crippen LogP contribution in [0.5, 0.6) is 0 Å². The van der Waals surface area contributed by atoms with Gasteiger partial charge in [-0.25, -0.2) is 9.37 Å². The molecule has 0 spiro atoms. The number of amides is 2. The number of carbonyl (C=O) groups is 2. The molecule has 0 aliphatic rings. The number of carbonyl (C=O) groups excluding carboxylic acids is 2. The van der Waals surface area contributed by atoms with Crippen LogP contribution in [0.15, 0.2) is 23.6 Å². The highest BCUT2D eigenvalue weighted by atomic mass is 32.1. The van der Waals surface area contributed by atoms with Crippen molar-refractivity contribution in [1.82, 2.24) is 15.2 Å².